The van der Waals surface area contributed by atoms with E-state index in [1.807, 2.05) is 23.2 Å². The molecule has 25 heavy (non-hydrogen) atoms. The van der Waals surface area contributed by atoms with E-state index < -0.39 is 0 Å². The number of carbonyl (C=O) groups excluding carboxylic acids is 1. The summed E-state index contributed by atoms with van der Waals surface area (Å²) in [6.45, 7) is 5.43. The molecule has 0 radical (unpaired) electrons. The summed E-state index contributed by atoms with van der Waals surface area (Å²) in [6, 6.07) is 6.02. The van der Waals surface area contributed by atoms with Crippen molar-refractivity contribution < 1.29 is 14.3 Å². The predicted octanol–water partition coefficient (Wildman–Crippen LogP) is 1.45. The Hall–Kier alpha value is -1.50. The van der Waals surface area contributed by atoms with Crippen molar-refractivity contribution in [1.29, 1.82) is 0 Å². The fraction of sp³-hybridized carbons (Fsp3) is 0.684. The van der Waals surface area contributed by atoms with Crippen molar-refractivity contribution >= 4 is 5.91 Å². The third-order valence-electron chi connectivity index (χ3n) is 5.48. The number of carbonyl (C=O) groups is 1. The molecule has 0 aromatic carbocycles. The van der Waals surface area contributed by atoms with Crippen molar-refractivity contribution in [3.05, 3.63) is 30.1 Å². The van der Waals surface area contributed by atoms with E-state index >= 15 is 0 Å². The van der Waals surface area contributed by atoms with E-state index in [0.29, 0.717) is 0 Å². The van der Waals surface area contributed by atoms with Gasteiger partial charge in [0.1, 0.15) is 6.61 Å². The van der Waals surface area contributed by atoms with Crippen molar-refractivity contribution in [3.8, 4) is 0 Å². The lowest BCUT2D eigenvalue weighted by Gasteiger charge is -2.53. The normalized spacial score (nSPS) is 25.9. The third-order valence-corrected chi connectivity index (χ3v) is 5.48. The van der Waals surface area contributed by atoms with Crippen LogP contribution in [0.15, 0.2) is 24.4 Å². The van der Waals surface area contributed by atoms with Gasteiger partial charge in [-0.05, 0) is 31.4 Å². The van der Waals surface area contributed by atoms with Gasteiger partial charge in [-0.3, -0.25) is 14.7 Å². The quantitative estimate of drug-likeness (QED) is 0.809. The van der Waals surface area contributed by atoms with Crippen LogP contribution in [-0.4, -0.2) is 71.8 Å². The van der Waals surface area contributed by atoms with Crippen LogP contribution in [0.4, 0.5) is 0 Å². The molecular formula is C19H27N3O3. The fourth-order valence-electron chi connectivity index (χ4n) is 4.19. The van der Waals surface area contributed by atoms with Gasteiger partial charge in [0, 0.05) is 51.9 Å². The van der Waals surface area contributed by atoms with Crippen molar-refractivity contribution in [2.24, 2.45) is 0 Å². The summed E-state index contributed by atoms with van der Waals surface area (Å²) in [5, 5.41) is 0. The molecule has 0 bridgehead atoms. The molecule has 0 saturated carbocycles. The van der Waals surface area contributed by atoms with Crippen LogP contribution in [0.5, 0.6) is 0 Å². The minimum Gasteiger partial charge on any atom is -0.372 e. The van der Waals surface area contributed by atoms with E-state index in [2.05, 4.69) is 16.0 Å². The molecular weight excluding hydrogens is 318 g/mol. The zero-order valence-electron chi connectivity index (χ0n) is 14.7. The molecule has 6 nitrogen and oxygen atoms in total. The number of likely N-dealkylation sites (tertiary alicyclic amines) is 2. The summed E-state index contributed by atoms with van der Waals surface area (Å²) in [5.41, 5.74) is 1.01. The number of rotatable bonds is 5. The van der Waals surface area contributed by atoms with Crippen LogP contribution in [-0.2, 0) is 20.8 Å². The maximum atomic E-state index is 12.1. The first kappa shape index (κ1) is 16.9. The third kappa shape index (κ3) is 4.02. The predicted molar refractivity (Wildman–Crippen MR) is 93.0 cm³/mol. The molecule has 136 valence electrons. The summed E-state index contributed by atoms with van der Waals surface area (Å²) in [6.07, 6.45) is 5.99. The second kappa shape index (κ2) is 7.40. The number of aromatic nitrogens is 1. The second-order valence-corrected chi connectivity index (χ2v) is 7.51. The molecule has 0 N–H and O–H groups in total. The lowest BCUT2D eigenvalue weighted by Crippen LogP contribution is -2.65. The van der Waals surface area contributed by atoms with Crippen LogP contribution in [0.2, 0.25) is 0 Å². The van der Waals surface area contributed by atoms with Gasteiger partial charge >= 0.3 is 0 Å². The summed E-state index contributed by atoms with van der Waals surface area (Å²) in [5.74, 6) is 0.142. The van der Waals surface area contributed by atoms with Crippen molar-refractivity contribution in [3.63, 3.8) is 0 Å². The minimum atomic E-state index is -0.0889. The van der Waals surface area contributed by atoms with E-state index in [1.165, 1.54) is 0 Å². The summed E-state index contributed by atoms with van der Waals surface area (Å²) < 4.78 is 12.0. The van der Waals surface area contributed by atoms with Crippen LogP contribution in [0.1, 0.15) is 31.4 Å². The van der Waals surface area contributed by atoms with Crippen molar-refractivity contribution in [1.82, 2.24) is 14.8 Å². The Morgan fingerprint density at radius 1 is 1.32 bits per heavy atom. The highest BCUT2D eigenvalue weighted by Gasteiger charge is 2.47. The lowest BCUT2D eigenvalue weighted by atomic mass is 9.84. The zero-order valence-corrected chi connectivity index (χ0v) is 14.7. The van der Waals surface area contributed by atoms with Crippen LogP contribution < -0.4 is 0 Å². The molecule has 1 amide bonds. The van der Waals surface area contributed by atoms with Gasteiger partial charge in [0.05, 0.1) is 17.4 Å². The van der Waals surface area contributed by atoms with Crippen LogP contribution in [0.3, 0.4) is 0 Å². The van der Waals surface area contributed by atoms with E-state index in [4.69, 9.17) is 9.47 Å². The standard InChI is InChI=1S/C19H27N3O3/c23-18(22-8-3-4-9-22)13-24-17-6-10-25-19(11-17)14-21(15-19)12-16-5-1-2-7-20-16/h1-2,5,7,17H,3-4,6,8-15H2. The summed E-state index contributed by atoms with van der Waals surface area (Å²) in [4.78, 5) is 20.8. The number of pyridine rings is 1. The Morgan fingerprint density at radius 3 is 2.92 bits per heavy atom. The number of hydrogen-bond acceptors (Lipinski definition) is 5. The highest BCUT2D eigenvalue weighted by atomic mass is 16.5. The molecule has 3 fully saturated rings. The van der Waals surface area contributed by atoms with Gasteiger partial charge in [-0.15, -0.1) is 0 Å². The SMILES string of the molecule is O=C(COC1CCOC2(C1)CN(Cc1ccccn1)C2)N1CCCC1. The van der Waals surface area contributed by atoms with E-state index in [0.717, 1.165) is 70.7 Å². The largest absolute Gasteiger partial charge is 0.372 e. The lowest BCUT2D eigenvalue weighted by molar-refractivity contribution is -0.200. The monoisotopic (exact) mass is 345 g/mol. The molecule has 0 aliphatic carbocycles. The average molecular weight is 345 g/mol. The highest BCUT2D eigenvalue weighted by molar-refractivity contribution is 5.77. The second-order valence-electron chi connectivity index (χ2n) is 7.51. The van der Waals surface area contributed by atoms with Gasteiger partial charge in [0.25, 0.3) is 0 Å². The Balaban J connectivity index is 1.22. The molecule has 4 heterocycles. The number of amides is 1. The van der Waals surface area contributed by atoms with E-state index in [1.54, 1.807) is 0 Å². The van der Waals surface area contributed by atoms with E-state index in [-0.39, 0.29) is 24.2 Å². The van der Waals surface area contributed by atoms with Gasteiger partial charge in [-0.1, -0.05) is 6.07 Å². The molecule has 3 aliphatic heterocycles. The summed E-state index contributed by atoms with van der Waals surface area (Å²) >= 11 is 0. The molecule has 1 aromatic rings. The minimum absolute atomic E-state index is 0.0889. The first-order valence-electron chi connectivity index (χ1n) is 9.38. The van der Waals surface area contributed by atoms with Gasteiger partial charge in [-0.25, -0.2) is 0 Å². The number of nitrogens with zero attached hydrogens (tertiary/aromatic N) is 3. The maximum absolute atomic E-state index is 12.1. The van der Waals surface area contributed by atoms with Crippen LogP contribution in [0.25, 0.3) is 0 Å². The Labute approximate surface area is 149 Å². The molecule has 6 heteroatoms. The van der Waals surface area contributed by atoms with Gasteiger partial charge in [-0.2, -0.15) is 0 Å². The van der Waals surface area contributed by atoms with Gasteiger partial charge < -0.3 is 14.4 Å². The van der Waals surface area contributed by atoms with Gasteiger partial charge in [0.2, 0.25) is 5.91 Å². The fourth-order valence-corrected chi connectivity index (χ4v) is 4.19. The Kier molecular flexibility index (Phi) is 5.01. The number of ether oxygens (including phenoxy) is 2. The molecule has 3 aliphatic rings. The highest BCUT2D eigenvalue weighted by Crippen LogP contribution is 2.35. The molecule has 1 unspecified atom stereocenters. The Bertz CT molecular complexity index is 583. The van der Waals surface area contributed by atoms with Gasteiger partial charge in [0.15, 0.2) is 0 Å². The van der Waals surface area contributed by atoms with Crippen LogP contribution >= 0.6 is 0 Å². The molecule has 4 rings (SSSR count). The molecule has 1 aromatic heterocycles. The molecule has 1 atom stereocenters. The number of hydrogen-bond donors (Lipinski definition) is 0. The molecule has 1 spiro atoms. The van der Waals surface area contributed by atoms with Crippen molar-refractivity contribution in [2.45, 2.75) is 43.9 Å². The van der Waals surface area contributed by atoms with E-state index in [9.17, 15) is 4.79 Å². The topological polar surface area (TPSA) is 54.9 Å². The molecule has 3 saturated heterocycles. The first-order chi connectivity index (χ1) is 12.2. The Morgan fingerprint density at radius 2 is 2.16 bits per heavy atom. The smallest absolute Gasteiger partial charge is 0.248 e. The summed E-state index contributed by atoms with van der Waals surface area (Å²) in [7, 11) is 0. The van der Waals surface area contributed by atoms with Crippen molar-refractivity contribution in [2.75, 3.05) is 39.4 Å². The zero-order chi connectivity index (χ0) is 17.1. The average Bonchev–Trinajstić information content (AvgIpc) is 3.14. The van der Waals surface area contributed by atoms with Crippen LogP contribution in [0, 0.1) is 0 Å². The first-order valence-corrected chi connectivity index (χ1v) is 9.38. The maximum Gasteiger partial charge on any atom is 0.248 e.